The molecule has 2 heterocycles. The van der Waals surface area contributed by atoms with E-state index < -0.39 is 0 Å². The molecule has 0 radical (unpaired) electrons. The fourth-order valence-electron chi connectivity index (χ4n) is 2.81. The lowest BCUT2D eigenvalue weighted by Gasteiger charge is -2.14. The Morgan fingerprint density at radius 3 is 2.64 bits per heavy atom. The van der Waals surface area contributed by atoms with Crippen molar-refractivity contribution >= 4 is 21.6 Å². The van der Waals surface area contributed by atoms with E-state index in [2.05, 4.69) is 40.1 Å². The Labute approximate surface area is 155 Å². The molecule has 130 valence electrons. The first-order valence-corrected chi connectivity index (χ1v) is 9.05. The highest BCUT2D eigenvalue weighted by atomic mass is 79.9. The van der Waals surface area contributed by atoms with Crippen molar-refractivity contribution in [1.82, 2.24) is 9.38 Å². The topological polar surface area (TPSA) is 48.0 Å². The monoisotopic (exact) mass is 402 g/mol. The van der Waals surface area contributed by atoms with Gasteiger partial charge in [-0.05, 0) is 59.3 Å². The number of ether oxygens (including phenoxy) is 1. The van der Waals surface area contributed by atoms with E-state index in [-0.39, 0.29) is 5.56 Å². The van der Waals surface area contributed by atoms with Crippen molar-refractivity contribution in [3.63, 3.8) is 0 Å². The van der Waals surface area contributed by atoms with Gasteiger partial charge in [0.05, 0.1) is 13.7 Å². The Kier molecular flexibility index (Phi) is 5.50. The first-order chi connectivity index (χ1) is 12.0. The molecule has 25 heavy (non-hydrogen) atoms. The van der Waals surface area contributed by atoms with E-state index in [9.17, 15) is 4.79 Å². The predicted octanol–water partition coefficient (Wildman–Crippen LogP) is 2.07. The van der Waals surface area contributed by atoms with E-state index in [0.717, 1.165) is 22.5 Å². The lowest BCUT2D eigenvalue weighted by molar-refractivity contribution is -0.908. The number of hydrogen-bond donors (Lipinski definition) is 1. The highest BCUT2D eigenvalue weighted by Crippen LogP contribution is 2.11. The zero-order valence-electron chi connectivity index (χ0n) is 14.3. The highest BCUT2D eigenvalue weighted by Gasteiger charge is 2.09. The van der Waals surface area contributed by atoms with Crippen molar-refractivity contribution < 1.29 is 9.64 Å². The maximum absolute atomic E-state index is 12.3. The molecule has 1 aromatic carbocycles. The summed E-state index contributed by atoms with van der Waals surface area (Å²) in [6.07, 6.45) is 1.74. The van der Waals surface area contributed by atoms with Crippen LogP contribution in [0, 0.1) is 0 Å². The van der Waals surface area contributed by atoms with Gasteiger partial charge in [0, 0.05) is 22.3 Å². The standard InChI is InChI=1S/C19H20BrN3O2/c1-3-25-17-7-4-14(5-8-17)11-22(2)13-16-10-19(24)23-12-15(20)6-9-18(23)21-16/h4-10,12H,3,11,13H2,1-2H3/p+1. The van der Waals surface area contributed by atoms with Crippen LogP contribution in [-0.4, -0.2) is 23.0 Å². The zero-order valence-corrected chi connectivity index (χ0v) is 15.9. The van der Waals surface area contributed by atoms with Crippen LogP contribution >= 0.6 is 15.9 Å². The summed E-state index contributed by atoms with van der Waals surface area (Å²) in [5.41, 5.74) is 2.63. The Bertz CT molecular complexity index is 922. The summed E-state index contributed by atoms with van der Waals surface area (Å²) in [4.78, 5) is 18.1. The van der Waals surface area contributed by atoms with Crippen molar-refractivity contribution in [3.8, 4) is 5.75 Å². The van der Waals surface area contributed by atoms with Gasteiger partial charge in [0.1, 0.15) is 30.2 Å². The third-order valence-electron chi connectivity index (χ3n) is 3.90. The number of fused-ring (bicyclic) bond motifs is 1. The van der Waals surface area contributed by atoms with Gasteiger partial charge in [-0.2, -0.15) is 0 Å². The number of aromatic nitrogens is 2. The van der Waals surface area contributed by atoms with Gasteiger partial charge in [-0.25, -0.2) is 4.98 Å². The van der Waals surface area contributed by atoms with Gasteiger partial charge in [0.2, 0.25) is 0 Å². The Balaban J connectivity index is 1.72. The number of halogens is 1. The molecule has 0 aliphatic carbocycles. The number of rotatable bonds is 6. The summed E-state index contributed by atoms with van der Waals surface area (Å²) in [5, 5.41) is 0. The molecular formula is C19H21BrN3O2+. The van der Waals surface area contributed by atoms with E-state index >= 15 is 0 Å². The molecule has 0 aliphatic rings. The van der Waals surface area contributed by atoms with E-state index in [1.165, 1.54) is 10.5 Å². The highest BCUT2D eigenvalue weighted by molar-refractivity contribution is 9.10. The number of nitrogens with zero attached hydrogens (tertiary/aromatic N) is 2. The molecule has 3 aromatic rings. The van der Waals surface area contributed by atoms with Gasteiger partial charge in [-0.3, -0.25) is 9.20 Å². The molecule has 0 spiro atoms. The Morgan fingerprint density at radius 2 is 1.92 bits per heavy atom. The molecule has 0 saturated heterocycles. The van der Waals surface area contributed by atoms with Crippen molar-refractivity contribution in [2.24, 2.45) is 0 Å². The normalized spacial score (nSPS) is 12.3. The largest absolute Gasteiger partial charge is 0.494 e. The Morgan fingerprint density at radius 1 is 1.16 bits per heavy atom. The minimum Gasteiger partial charge on any atom is -0.494 e. The number of quaternary nitrogens is 1. The molecule has 0 saturated carbocycles. The van der Waals surface area contributed by atoms with Crippen LogP contribution in [0.25, 0.3) is 5.65 Å². The smallest absolute Gasteiger partial charge is 0.258 e. The number of nitrogens with one attached hydrogen (secondary N) is 1. The second-order valence-corrected chi connectivity index (χ2v) is 6.96. The summed E-state index contributed by atoms with van der Waals surface area (Å²) in [5.74, 6) is 0.888. The van der Waals surface area contributed by atoms with E-state index in [4.69, 9.17) is 4.74 Å². The fourth-order valence-corrected chi connectivity index (χ4v) is 3.14. The lowest BCUT2D eigenvalue weighted by Crippen LogP contribution is -3.06. The first-order valence-electron chi connectivity index (χ1n) is 8.26. The summed E-state index contributed by atoms with van der Waals surface area (Å²) < 4.78 is 7.87. The van der Waals surface area contributed by atoms with E-state index in [1.54, 1.807) is 16.7 Å². The number of benzene rings is 1. The summed E-state index contributed by atoms with van der Waals surface area (Å²) in [6.45, 7) is 4.19. The molecule has 0 fully saturated rings. The van der Waals surface area contributed by atoms with Gasteiger partial charge in [0.15, 0.2) is 0 Å². The number of hydrogen-bond acceptors (Lipinski definition) is 3. The predicted molar refractivity (Wildman–Crippen MR) is 101 cm³/mol. The average Bonchev–Trinajstić information content (AvgIpc) is 2.57. The van der Waals surface area contributed by atoms with Gasteiger partial charge >= 0.3 is 0 Å². The van der Waals surface area contributed by atoms with Crippen LogP contribution in [0.5, 0.6) is 5.75 Å². The third-order valence-corrected chi connectivity index (χ3v) is 4.37. The van der Waals surface area contributed by atoms with Crippen LogP contribution in [0.15, 0.2) is 57.9 Å². The Hall–Kier alpha value is -2.18. The second-order valence-electron chi connectivity index (χ2n) is 6.05. The summed E-state index contributed by atoms with van der Waals surface area (Å²) >= 11 is 3.38. The molecule has 6 heteroatoms. The maximum atomic E-state index is 12.3. The van der Waals surface area contributed by atoms with Crippen molar-refractivity contribution in [1.29, 1.82) is 0 Å². The van der Waals surface area contributed by atoms with Crippen LogP contribution in [0.3, 0.4) is 0 Å². The number of pyridine rings is 1. The minimum atomic E-state index is -0.0600. The average molecular weight is 403 g/mol. The second kappa shape index (κ2) is 7.80. The summed E-state index contributed by atoms with van der Waals surface area (Å²) in [6, 6.07) is 13.5. The van der Waals surface area contributed by atoms with Gasteiger partial charge in [-0.15, -0.1) is 0 Å². The van der Waals surface area contributed by atoms with Gasteiger partial charge < -0.3 is 9.64 Å². The van der Waals surface area contributed by atoms with Crippen molar-refractivity contribution in [3.05, 3.63) is 74.7 Å². The molecule has 1 N–H and O–H groups in total. The van der Waals surface area contributed by atoms with Crippen molar-refractivity contribution in [2.75, 3.05) is 13.7 Å². The molecule has 1 atom stereocenters. The van der Waals surface area contributed by atoms with Crippen LogP contribution < -0.4 is 15.2 Å². The van der Waals surface area contributed by atoms with Crippen LogP contribution in [0.1, 0.15) is 18.2 Å². The molecule has 0 aliphatic heterocycles. The first kappa shape index (κ1) is 17.6. The fraction of sp³-hybridized carbons (Fsp3) is 0.263. The molecule has 0 amide bonds. The van der Waals surface area contributed by atoms with E-state index in [1.807, 2.05) is 31.2 Å². The van der Waals surface area contributed by atoms with Crippen LogP contribution in [-0.2, 0) is 13.1 Å². The van der Waals surface area contributed by atoms with Crippen LogP contribution in [0.2, 0.25) is 0 Å². The van der Waals surface area contributed by atoms with Gasteiger partial charge in [0.25, 0.3) is 5.56 Å². The maximum Gasteiger partial charge on any atom is 0.258 e. The van der Waals surface area contributed by atoms with Gasteiger partial charge in [-0.1, -0.05) is 0 Å². The lowest BCUT2D eigenvalue weighted by atomic mass is 10.2. The molecule has 2 aromatic heterocycles. The zero-order chi connectivity index (χ0) is 17.8. The molecule has 1 unspecified atom stereocenters. The molecule has 5 nitrogen and oxygen atoms in total. The molecular weight excluding hydrogens is 382 g/mol. The third kappa shape index (κ3) is 4.46. The molecule has 3 rings (SSSR count). The quantitative estimate of drug-likeness (QED) is 0.686. The minimum absolute atomic E-state index is 0.0600. The van der Waals surface area contributed by atoms with Crippen LogP contribution in [0.4, 0.5) is 0 Å². The summed E-state index contributed by atoms with van der Waals surface area (Å²) in [7, 11) is 2.10. The SMILES string of the molecule is CCOc1ccc(C[NH+](C)Cc2cc(=O)n3cc(Br)ccc3n2)cc1. The molecule has 0 bridgehead atoms. The van der Waals surface area contributed by atoms with E-state index in [0.29, 0.717) is 18.8 Å². The van der Waals surface area contributed by atoms with Crippen molar-refractivity contribution in [2.45, 2.75) is 20.0 Å².